The van der Waals surface area contributed by atoms with Crippen LogP contribution >= 0.6 is 0 Å². The first kappa shape index (κ1) is 29.6. The van der Waals surface area contributed by atoms with Crippen molar-refractivity contribution in [1.82, 2.24) is 14.2 Å². The number of Topliss-reactive ketones (excluding diaryl/α,β-unsaturated/α-hetero) is 1. The van der Waals surface area contributed by atoms with Gasteiger partial charge in [-0.2, -0.15) is 0 Å². The van der Waals surface area contributed by atoms with Crippen molar-refractivity contribution in [2.24, 2.45) is 5.92 Å². The number of piperidine rings is 1. The molecule has 3 rings (SSSR count). The average Bonchev–Trinajstić information content (AvgIpc) is 2.86. The molecule has 1 aromatic carbocycles. The summed E-state index contributed by atoms with van der Waals surface area (Å²) in [5, 5.41) is 0. The van der Waals surface area contributed by atoms with Gasteiger partial charge in [-0.05, 0) is 81.6 Å². The molecule has 0 radical (unpaired) electrons. The van der Waals surface area contributed by atoms with E-state index < -0.39 is 10.0 Å². The molecule has 38 heavy (non-hydrogen) atoms. The maximum atomic E-state index is 13.2. The van der Waals surface area contributed by atoms with Gasteiger partial charge in [0, 0.05) is 52.3 Å². The summed E-state index contributed by atoms with van der Waals surface area (Å²) in [6, 6.07) is 5.12. The highest BCUT2D eigenvalue weighted by atomic mass is 32.2. The monoisotopic (exact) mass is 541 g/mol. The van der Waals surface area contributed by atoms with E-state index in [0.29, 0.717) is 39.9 Å². The number of anilines is 1. The fraction of sp³-hybridized carbons (Fsp3) is 0.536. The topological polar surface area (TPSA) is 87.4 Å². The lowest BCUT2D eigenvalue weighted by Crippen LogP contribution is -2.37. The Morgan fingerprint density at radius 3 is 2.34 bits per heavy atom. The summed E-state index contributed by atoms with van der Waals surface area (Å²) in [6.07, 6.45) is 3.96. The molecule has 0 saturated carbocycles. The Kier molecular flexibility index (Phi) is 9.88. The Morgan fingerprint density at radius 2 is 1.79 bits per heavy atom. The van der Waals surface area contributed by atoms with Crippen molar-refractivity contribution in [3.05, 3.63) is 52.5 Å². The number of carbonyl (C=O) groups is 1. The summed E-state index contributed by atoms with van der Waals surface area (Å²) in [6.45, 7) is 14.0. The molecule has 1 saturated heterocycles. The molecular weight excluding hydrogens is 502 g/mol. The number of pyridine rings is 1. The Balaban J connectivity index is 1.61. The molecule has 10 heteroatoms. The van der Waals surface area contributed by atoms with Crippen LogP contribution in [-0.2, 0) is 21.2 Å². The predicted octanol–water partition coefficient (Wildman–Crippen LogP) is 3.86. The van der Waals surface area contributed by atoms with E-state index in [0.717, 1.165) is 32.5 Å². The third-order valence-electron chi connectivity index (χ3n) is 7.01. The van der Waals surface area contributed by atoms with Crippen molar-refractivity contribution < 1.29 is 17.9 Å². The molecule has 1 fully saturated rings. The van der Waals surface area contributed by atoms with Crippen molar-refractivity contribution in [1.29, 1.82) is 0 Å². The van der Waals surface area contributed by atoms with Crippen LogP contribution in [0.1, 0.15) is 36.0 Å². The van der Waals surface area contributed by atoms with Crippen molar-refractivity contribution in [2.75, 3.05) is 59.3 Å². The lowest BCUT2D eigenvalue weighted by Gasteiger charge is -2.34. The van der Waals surface area contributed by atoms with Crippen LogP contribution in [-0.4, -0.2) is 82.8 Å². The van der Waals surface area contributed by atoms with Gasteiger partial charge in [0.1, 0.15) is 17.4 Å². The number of nitrogens with zero attached hydrogens (tertiary/aromatic N) is 5. The minimum atomic E-state index is -3.77. The number of benzene rings is 1. The minimum absolute atomic E-state index is 0.0646. The van der Waals surface area contributed by atoms with Gasteiger partial charge < -0.3 is 14.5 Å². The molecule has 0 atom stereocenters. The standard InChI is InChI=1S/C28H39N5O4S/c1-20-14-25(37-7)15-21(2)27(20)38(35,36)32(6)11-10-24(34)16-23-17-26(29-3)28(30-18-23)33-12-8-22(9-13-33)19-31(4)5/h14-15,17-18,22H,8-13,16,19H2,1-2,4-7H3. The number of ketones is 1. The molecule has 0 N–H and O–H groups in total. The van der Waals surface area contributed by atoms with E-state index in [2.05, 4.69) is 33.7 Å². The number of sulfonamides is 1. The molecule has 2 aromatic rings. The Hall–Kier alpha value is -3.00. The van der Waals surface area contributed by atoms with Crippen molar-refractivity contribution in [3.8, 4) is 5.75 Å². The largest absolute Gasteiger partial charge is 0.497 e. The molecule has 9 nitrogen and oxygen atoms in total. The summed E-state index contributed by atoms with van der Waals surface area (Å²) in [5.41, 5.74) is 2.31. The van der Waals surface area contributed by atoms with E-state index >= 15 is 0 Å². The van der Waals surface area contributed by atoms with Crippen molar-refractivity contribution in [3.63, 3.8) is 0 Å². The van der Waals surface area contributed by atoms with Gasteiger partial charge in [-0.15, -0.1) is 0 Å². The van der Waals surface area contributed by atoms with E-state index in [1.54, 1.807) is 45.4 Å². The summed E-state index contributed by atoms with van der Waals surface area (Å²) < 4.78 is 32.9. The number of ether oxygens (including phenoxy) is 1. The quantitative estimate of drug-likeness (QED) is 0.399. The van der Waals surface area contributed by atoms with Gasteiger partial charge in [0.05, 0.1) is 18.6 Å². The molecule has 206 valence electrons. The summed E-state index contributed by atoms with van der Waals surface area (Å²) in [5.74, 6) is 1.82. The third-order valence-corrected chi connectivity index (χ3v) is 9.17. The van der Waals surface area contributed by atoms with Gasteiger partial charge in [-0.1, -0.05) is 0 Å². The molecule has 1 aliphatic rings. The number of carbonyl (C=O) groups excluding carboxylic acids is 1. The zero-order valence-corrected chi connectivity index (χ0v) is 24.1. The Labute approximate surface area is 227 Å². The summed E-state index contributed by atoms with van der Waals surface area (Å²) in [7, 11) is 3.44. The van der Waals surface area contributed by atoms with E-state index in [4.69, 9.17) is 11.3 Å². The molecule has 0 aliphatic carbocycles. The van der Waals surface area contributed by atoms with E-state index in [1.165, 1.54) is 11.4 Å². The van der Waals surface area contributed by atoms with Gasteiger partial charge in [0.15, 0.2) is 0 Å². The molecule has 0 bridgehead atoms. The fourth-order valence-corrected chi connectivity index (χ4v) is 6.64. The van der Waals surface area contributed by atoms with Crippen LogP contribution < -0.4 is 9.64 Å². The number of hydrogen-bond acceptors (Lipinski definition) is 7. The summed E-state index contributed by atoms with van der Waals surface area (Å²) in [4.78, 5) is 25.6. The van der Waals surface area contributed by atoms with E-state index in [1.807, 2.05) is 0 Å². The van der Waals surface area contributed by atoms with Crippen LogP contribution in [0.3, 0.4) is 0 Å². The first-order valence-electron chi connectivity index (χ1n) is 12.9. The smallest absolute Gasteiger partial charge is 0.243 e. The van der Waals surface area contributed by atoms with Crippen LogP contribution in [0.5, 0.6) is 5.75 Å². The van der Waals surface area contributed by atoms with E-state index in [-0.39, 0.29) is 30.1 Å². The van der Waals surface area contributed by atoms with Crippen LogP contribution in [0, 0.1) is 26.3 Å². The van der Waals surface area contributed by atoms with Crippen molar-refractivity contribution >= 4 is 27.3 Å². The zero-order chi connectivity index (χ0) is 28.0. The minimum Gasteiger partial charge on any atom is -0.497 e. The highest BCUT2D eigenvalue weighted by molar-refractivity contribution is 7.89. The highest BCUT2D eigenvalue weighted by Crippen LogP contribution is 2.31. The van der Waals surface area contributed by atoms with Crippen molar-refractivity contribution in [2.45, 2.75) is 44.4 Å². The van der Waals surface area contributed by atoms with Gasteiger partial charge in [0.2, 0.25) is 15.7 Å². The second kappa shape index (κ2) is 12.7. The molecule has 0 spiro atoms. The van der Waals surface area contributed by atoms with Gasteiger partial charge in [-0.3, -0.25) is 9.78 Å². The normalized spacial score (nSPS) is 14.7. The third kappa shape index (κ3) is 7.10. The molecule has 1 aliphatic heterocycles. The number of aryl methyl sites for hydroxylation is 2. The molecule has 2 heterocycles. The van der Waals surface area contributed by atoms with Crippen LogP contribution in [0.25, 0.3) is 4.85 Å². The Morgan fingerprint density at radius 1 is 1.16 bits per heavy atom. The van der Waals surface area contributed by atoms with Gasteiger partial charge >= 0.3 is 0 Å². The van der Waals surface area contributed by atoms with Crippen LogP contribution in [0.4, 0.5) is 11.5 Å². The number of methoxy groups -OCH3 is 1. The van der Waals surface area contributed by atoms with Gasteiger partial charge in [0.25, 0.3) is 0 Å². The Bertz CT molecular complexity index is 1270. The first-order chi connectivity index (χ1) is 18.0. The highest BCUT2D eigenvalue weighted by Gasteiger charge is 2.26. The molecular formula is C28H39N5O4S. The fourth-order valence-electron chi connectivity index (χ4n) is 5.06. The predicted molar refractivity (Wildman–Crippen MR) is 150 cm³/mol. The lowest BCUT2D eigenvalue weighted by atomic mass is 9.96. The lowest BCUT2D eigenvalue weighted by molar-refractivity contribution is -0.118. The average molecular weight is 542 g/mol. The molecule has 0 unspecified atom stereocenters. The summed E-state index contributed by atoms with van der Waals surface area (Å²) >= 11 is 0. The second-order valence-corrected chi connectivity index (χ2v) is 12.4. The maximum absolute atomic E-state index is 13.2. The second-order valence-electron chi connectivity index (χ2n) is 10.4. The zero-order valence-electron chi connectivity index (χ0n) is 23.3. The number of aromatic nitrogens is 1. The molecule has 1 aromatic heterocycles. The first-order valence-corrected chi connectivity index (χ1v) is 14.3. The maximum Gasteiger partial charge on any atom is 0.243 e. The number of hydrogen-bond donors (Lipinski definition) is 0. The SMILES string of the molecule is [C-]#[N+]c1cc(CC(=O)CCN(C)S(=O)(=O)c2c(C)cc(OC)cc2C)cnc1N1CCC(CN(C)C)CC1. The van der Waals surface area contributed by atoms with Crippen LogP contribution in [0.2, 0.25) is 0 Å². The molecule has 0 amide bonds. The van der Waals surface area contributed by atoms with Crippen LogP contribution in [0.15, 0.2) is 29.3 Å². The number of rotatable bonds is 11. The van der Waals surface area contributed by atoms with E-state index in [9.17, 15) is 13.2 Å². The van der Waals surface area contributed by atoms with Gasteiger partial charge in [-0.25, -0.2) is 17.6 Å².